The van der Waals surface area contributed by atoms with Crippen LogP contribution in [-0.4, -0.2) is 37.7 Å². The van der Waals surface area contributed by atoms with E-state index in [-0.39, 0.29) is 0 Å². The molecule has 1 aromatic rings. The van der Waals surface area contributed by atoms with E-state index in [2.05, 4.69) is 48.3 Å². The van der Waals surface area contributed by atoms with Crippen molar-refractivity contribution in [3.8, 4) is 0 Å². The van der Waals surface area contributed by atoms with Gasteiger partial charge in [-0.3, -0.25) is 4.90 Å². The van der Waals surface area contributed by atoms with Gasteiger partial charge in [0.2, 0.25) is 0 Å². The highest BCUT2D eigenvalue weighted by Gasteiger charge is 2.10. The maximum absolute atomic E-state index is 5.38. The quantitative estimate of drug-likeness (QED) is 0.826. The van der Waals surface area contributed by atoms with E-state index in [1.54, 1.807) is 0 Å². The van der Waals surface area contributed by atoms with Crippen molar-refractivity contribution in [1.29, 1.82) is 0 Å². The van der Waals surface area contributed by atoms with Gasteiger partial charge in [-0.25, -0.2) is 0 Å². The van der Waals surface area contributed by atoms with Gasteiger partial charge in [-0.15, -0.1) is 0 Å². The van der Waals surface area contributed by atoms with Gasteiger partial charge in [0.25, 0.3) is 0 Å². The first-order valence-corrected chi connectivity index (χ1v) is 7.91. The molecule has 0 spiro atoms. The summed E-state index contributed by atoms with van der Waals surface area (Å²) in [5.74, 6) is 0.744. The molecular weight excluding hydrogens is 248 g/mol. The summed E-state index contributed by atoms with van der Waals surface area (Å²) in [5, 5.41) is 3.53. The zero-order valence-electron chi connectivity index (χ0n) is 12.9. The molecule has 0 radical (unpaired) electrons. The molecule has 1 heterocycles. The maximum Gasteiger partial charge on any atom is 0.0594 e. The topological polar surface area (TPSA) is 24.5 Å². The van der Waals surface area contributed by atoms with E-state index in [0.29, 0.717) is 0 Å². The molecule has 1 unspecified atom stereocenters. The van der Waals surface area contributed by atoms with Crippen molar-refractivity contribution < 1.29 is 4.74 Å². The Balaban J connectivity index is 1.77. The van der Waals surface area contributed by atoms with Crippen LogP contribution in [0.5, 0.6) is 0 Å². The first-order chi connectivity index (χ1) is 9.78. The van der Waals surface area contributed by atoms with Gasteiger partial charge in [-0.2, -0.15) is 0 Å². The van der Waals surface area contributed by atoms with Gasteiger partial charge in [0.15, 0.2) is 0 Å². The first kappa shape index (κ1) is 15.3. The molecule has 1 N–H and O–H groups in total. The number of hydrogen-bond donors (Lipinski definition) is 1. The highest BCUT2D eigenvalue weighted by atomic mass is 16.5. The Hall–Kier alpha value is -1.06. The molecule has 112 valence electrons. The number of morpholine rings is 1. The van der Waals surface area contributed by atoms with E-state index in [0.717, 1.165) is 45.3 Å². The highest BCUT2D eigenvalue weighted by molar-refractivity contribution is 5.44. The monoisotopic (exact) mass is 276 g/mol. The van der Waals surface area contributed by atoms with Crippen molar-refractivity contribution in [2.45, 2.75) is 33.2 Å². The number of hydrogen-bond acceptors (Lipinski definition) is 3. The molecule has 1 atom stereocenters. The summed E-state index contributed by atoms with van der Waals surface area (Å²) < 4.78 is 5.38. The lowest BCUT2D eigenvalue weighted by atomic mass is 10.1. The van der Waals surface area contributed by atoms with Crippen LogP contribution in [0.25, 0.3) is 0 Å². The van der Waals surface area contributed by atoms with E-state index in [1.165, 1.54) is 24.1 Å². The highest BCUT2D eigenvalue weighted by Crippen LogP contribution is 2.14. The molecule has 3 nitrogen and oxygen atoms in total. The van der Waals surface area contributed by atoms with Crippen molar-refractivity contribution in [1.82, 2.24) is 4.90 Å². The van der Waals surface area contributed by atoms with Crippen LogP contribution in [0.4, 0.5) is 5.69 Å². The first-order valence-electron chi connectivity index (χ1n) is 7.91. The lowest BCUT2D eigenvalue weighted by Crippen LogP contribution is -2.35. The molecule has 0 aliphatic carbocycles. The average molecular weight is 276 g/mol. The van der Waals surface area contributed by atoms with Crippen LogP contribution in [0.3, 0.4) is 0 Å². The zero-order chi connectivity index (χ0) is 14.2. The third-order valence-electron chi connectivity index (χ3n) is 3.90. The van der Waals surface area contributed by atoms with Crippen LogP contribution in [0, 0.1) is 5.92 Å². The van der Waals surface area contributed by atoms with Crippen LogP contribution in [0.1, 0.15) is 32.3 Å². The number of nitrogens with one attached hydrogen (secondary N) is 1. The standard InChI is InChI=1S/C17H28N2O/c1-3-4-15(2)13-18-17-7-5-16(6-8-17)14-19-9-11-20-12-10-19/h5-8,15,18H,3-4,9-14H2,1-2H3. The van der Waals surface area contributed by atoms with Crippen molar-refractivity contribution in [3.63, 3.8) is 0 Å². The second kappa shape index (κ2) is 8.28. The van der Waals surface area contributed by atoms with E-state index in [9.17, 15) is 0 Å². The molecule has 1 aliphatic rings. The van der Waals surface area contributed by atoms with Crippen LogP contribution in [-0.2, 0) is 11.3 Å². The molecule has 3 heteroatoms. The minimum atomic E-state index is 0.744. The third kappa shape index (κ3) is 5.14. The zero-order valence-corrected chi connectivity index (χ0v) is 12.9. The Labute approximate surface area is 123 Å². The normalized spacial score (nSPS) is 17.9. The summed E-state index contributed by atoms with van der Waals surface area (Å²) in [5.41, 5.74) is 2.62. The van der Waals surface area contributed by atoms with Gasteiger partial charge in [0.1, 0.15) is 0 Å². The summed E-state index contributed by atoms with van der Waals surface area (Å²) in [6, 6.07) is 8.88. The summed E-state index contributed by atoms with van der Waals surface area (Å²) >= 11 is 0. The molecule has 0 bridgehead atoms. The second-order valence-electron chi connectivity index (χ2n) is 5.86. The van der Waals surface area contributed by atoms with Gasteiger partial charge in [-0.05, 0) is 30.0 Å². The van der Waals surface area contributed by atoms with Gasteiger partial charge in [-0.1, -0.05) is 32.4 Å². The average Bonchev–Trinajstić information content (AvgIpc) is 2.48. The van der Waals surface area contributed by atoms with E-state index in [4.69, 9.17) is 4.74 Å². The largest absolute Gasteiger partial charge is 0.385 e. The van der Waals surface area contributed by atoms with E-state index >= 15 is 0 Å². The molecule has 1 aromatic carbocycles. The van der Waals surface area contributed by atoms with E-state index in [1.807, 2.05) is 0 Å². The Kier molecular flexibility index (Phi) is 6.34. The number of anilines is 1. The second-order valence-corrected chi connectivity index (χ2v) is 5.86. The lowest BCUT2D eigenvalue weighted by Gasteiger charge is -2.26. The molecule has 0 amide bonds. The Morgan fingerprint density at radius 1 is 1.20 bits per heavy atom. The predicted octanol–water partition coefficient (Wildman–Crippen LogP) is 3.37. The molecule has 2 rings (SSSR count). The van der Waals surface area contributed by atoms with Gasteiger partial charge < -0.3 is 10.1 Å². The molecule has 1 fully saturated rings. The summed E-state index contributed by atoms with van der Waals surface area (Å²) in [7, 11) is 0. The smallest absolute Gasteiger partial charge is 0.0594 e. The molecule has 20 heavy (non-hydrogen) atoms. The van der Waals surface area contributed by atoms with Crippen LogP contribution < -0.4 is 5.32 Å². The summed E-state index contributed by atoms with van der Waals surface area (Å²) in [6.45, 7) is 10.5. The lowest BCUT2D eigenvalue weighted by molar-refractivity contribution is 0.0342. The SMILES string of the molecule is CCCC(C)CNc1ccc(CN2CCOCC2)cc1. The molecular formula is C17H28N2O. The fraction of sp³-hybridized carbons (Fsp3) is 0.647. The molecule has 1 saturated heterocycles. The van der Waals surface area contributed by atoms with Crippen LogP contribution in [0.15, 0.2) is 24.3 Å². The maximum atomic E-state index is 5.38. The Morgan fingerprint density at radius 2 is 1.90 bits per heavy atom. The Bertz CT molecular complexity index is 371. The minimum Gasteiger partial charge on any atom is -0.385 e. The fourth-order valence-corrected chi connectivity index (χ4v) is 2.63. The minimum absolute atomic E-state index is 0.744. The van der Waals surface area contributed by atoms with E-state index < -0.39 is 0 Å². The molecule has 0 saturated carbocycles. The number of nitrogens with zero attached hydrogens (tertiary/aromatic N) is 1. The number of benzene rings is 1. The van der Waals surface area contributed by atoms with Gasteiger partial charge in [0.05, 0.1) is 13.2 Å². The summed E-state index contributed by atoms with van der Waals surface area (Å²) in [6.07, 6.45) is 2.56. The number of ether oxygens (including phenoxy) is 1. The number of rotatable bonds is 7. The van der Waals surface area contributed by atoms with Crippen molar-refractivity contribution in [2.75, 3.05) is 38.2 Å². The van der Waals surface area contributed by atoms with Crippen molar-refractivity contribution in [3.05, 3.63) is 29.8 Å². The predicted molar refractivity (Wildman–Crippen MR) is 85.1 cm³/mol. The fourth-order valence-electron chi connectivity index (χ4n) is 2.63. The van der Waals surface area contributed by atoms with Crippen molar-refractivity contribution in [2.24, 2.45) is 5.92 Å². The molecule has 1 aliphatic heterocycles. The third-order valence-corrected chi connectivity index (χ3v) is 3.90. The summed E-state index contributed by atoms with van der Waals surface area (Å²) in [4.78, 5) is 2.45. The Morgan fingerprint density at radius 3 is 2.55 bits per heavy atom. The van der Waals surface area contributed by atoms with Crippen molar-refractivity contribution >= 4 is 5.69 Å². The van der Waals surface area contributed by atoms with Gasteiger partial charge >= 0.3 is 0 Å². The molecule has 0 aromatic heterocycles. The van der Waals surface area contributed by atoms with Gasteiger partial charge in [0, 0.05) is 31.9 Å². The van der Waals surface area contributed by atoms with Crippen LogP contribution >= 0.6 is 0 Å². The van der Waals surface area contributed by atoms with Crippen LogP contribution in [0.2, 0.25) is 0 Å².